The van der Waals surface area contributed by atoms with Gasteiger partial charge < -0.3 is 14.9 Å². The molecule has 0 spiro atoms. The van der Waals surface area contributed by atoms with Crippen LogP contribution in [0.3, 0.4) is 0 Å². The predicted molar refractivity (Wildman–Crippen MR) is 128 cm³/mol. The minimum atomic E-state index is -1.35. The van der Waals surface area contributed by atoms with Crippen LogP contribution in [-0.4, -0.2) is 8.07 Å². The molecule has 0 saturated heterocycles. The summed E-state index contributed by atoms with van der Waals surface area (Å²) in [6.07, 6.45) is 22.1. The number of halogens is 2. The van der Waals surface area contributed by atoms with Crippen molar-refractivity contribution in [3.63, 3.8) is 0 Å². The van der Waals surface area contributed by atoms with Crippen LogP contribution < -0.4 is 0 Å². The van der Waals surface area contributed by atoms with Gasteiger partial charge in [0.05, 0.1) is 8.07 Å². The maximum absolute atomic E-state index is 4.93. The summed E-state index contributed by atoms with van der Waals surface area (Å²) in [4.78, 5) is 0. The molecule has 0 heterocycles. The van der Waals surface area contributed by atoms with Gasteiger partial charge in [-0.3, -0.25) is 0 Å². The fourth-order valence-corrected chi connectivity index (χ4v) is 13.5. The van der Waals surface area contributed by atoms with Gasteiger partial charge in [-0.1, -0.05) is 75.5 Å². The van der Waals surface area contributed by atoms with Crippen molar-refractivity contribution in [1.82, 2.24) is 0 Å². The minimum absolute atomic E-state index is 0. The number of hydrogen-bond acceptors (Lipinski definition) is 0. The van der Waals surface area contributed by atoms with Gasteiger partial charge in [-0.05, 0) is 59.4 Å². The molecule has 0 radical (unpaired) electrons. The van der Waals surface area contributed by atoms with Gasteiger partial charge in [-0.2, -0.15) is 0 Å². The fourth-order valence-electron chi connectivity index (χ4n) is 7.18. The van der Waals surface area contributed by atoms with Crippen molar-refractivity contribution in [2.75, 3.05) is 0 Å². The van der Waals surface area contributed by atoms with E-state index >= 15 is 0 Å². The second kappa shape index (κ2) is 11.3. The van der Waals surface area contributed by atoms with Gasteiger partial charge in [0.1, 0.15) is 0 Å². The Balaban J connectivity index is 0.000000739. The van der Waals surface area contributed by atoms with Crippen LogP contribution in [-0.2, 0) is 20.8 Å². The molecule has 0 amide bonds. The Morgan fingerprint density at radius 2 is 1.04 bits per heavy atom. The zero-order valence-electron chi connectivity index (χ0n) is 18.4. The average Bonchev–Trinajstić information content (AvgIpc) is 3.11. The Hall–Kier alpha value is 0.640. The Labute approximate surface area is 194 Å². The second-order valence-corrected chi connectivity index (χ2v) is 18.1. The first-order valence-corrected chi connectivity index (χ1v) is 19.6. The van der Waals surface area contributed by atoms with Gasteiger partial charge in [0.25, 0.3) is 0 Å². The normalized spacial score (nSPS) is 39.6. The molecule has 7 unspecified atom stereocenters. The fraction of sp³-hybridized carbons (Fsp3) is 0.583. The molecule has 0 aromatic rings. The summed E-state index contributed by atoms with van der Waals surface area (Å²) < 4.78 is 0. The van der Waals surface area contributed by atoms with Crippen LogP contribution in [0.5, 0.6) is 0 Å². The van der Waals surface area contributed by atoms with E-state index in [1.165, 1.54) is 12.8 Å². The first-order valence-electron chi connectivity index (χ1n) is 10.1. The molecular formula is C24H38Cl2SiZr. The molecule has 2 saturated carbocycles. The van der Waals surface area contributed by atoms with Gasteiger partial charge in [-0.15, -0.1) is 0 Å². The quantitative estimate of drug-likeness (QED) is 0.255. The van der Waals surface area contributed by atoms with Crippen molar-refractivity contribution in [2.45, 2.75) is 50.9 Å². The van der Waals surface area contributed by atoms with Crippen molar-refractivity contribution < 1.29 is 20.8 Å². The van der Waals surface area contributed by atoms with Gasteiger partial charge in [0, 0.05) is 0 Å². The number of allylic oxidation sites excluding steroid dienone is 8. The average molecular weight is 517 g/mol. The standard InChI is InChI=1S/C22H32Si.2CH3.2ClH.Zr/c1-15-13-17-9-5-7-11-19(17)21(15)23(3,4)22-16(2)14-18-10-6-8-12-20(18)22;;;;;/h5-12,15-22H,13-14H2,1-4H3;2*1H3;2*1H;/q;2*-1;;;+4/p-2/t15?,16?,17?,18?,19?,20?,21-,22?;;;;;/m0...../s1. The van der Waals surface area contributed by atoms with E-state index in [9.17, 15) is 0 Å². The van der Waals surface area contributed by atoms with E-state index in [4.69, 9.17) is 17.0 Å². The number of rotatable bonds is 2. The van der Waals surface area contributed by atoms with E-state index < -0.39 is 28.9 Å². The van der Waals surface area contributed by atoms with Crippen molar-refractivity contribution >= 4 is 25.1 Å². The molecule has 0 aromatic heterocycles. The molecule has 0 aliphatic heterocycles. The van der Waals surface area contributed by atoms with Crippen LogP contribution >= 0.6 is 17.0 Å². The second-order valence-electron chi connectivity index (χ2n) is 9.39. The molecule has 8 atom stereocenters. The first kappa shape index (κ1) is 26.7. The van der Waals surface area contributed by atoms with E-state index in [1.807, 2.05) is 0 Å². The van der Waals surface area contributed by atoms with Crippen LogP contribution in [0.1, 0.15) is 26.7 Å². The summed E-state index contributed by atoms with van der Waals surface area (Å²) >= 11 is -0.826. The molecule has 0 aromatic carbocycles. The molecule has 28 heavy (non-hydrogen) atoms. The van der Waals surface area contributed by atoms with Gasteiger partial charge in [0.15, 0.2) is 0 Å². The third kappa shape index (κ3) is 5.09. The van der Waals surface area contributed by atoms with Crippen LogP contribution in [0, 0.1) is 50.4 Å². The zero-order chi connectivity index (χ0) is 18.9. The monoisotopic (exact) mass is 514 g/mol. The zero-order valence-corrected chi connectivity index (χ0v) is 23.4. The van der Waals surface area contributed by atoms with Gasteiger partial charge in [-0.25, -0.2) is 0 Å². The van der Waals surface area contributed by atoms with Crippen LogP contribution in [0.4, 0.5) is 0 Å². The molecule has 4 aliphatic rings. The van der Waals surface area contributed by atoms with E-state index in [0.717, 1.165) is 46.6 Å². The van der Waals surface area contributed by atoms with E-state index in [0.29, 0.717) is 0 Å². The van der Waals surface area contributed by atoms with Gasteiger partial charge in [0.2, 0.25) is 0 Å². The number of hydrogen-bond donors (Lipinski definition) is 0. The van der Waals surface area contributed by atoms with Crippen molar-refractivity contribution in [2.24, 2.45) is 35.5 Å². The molecule has 2 fully saturated rings. The summed E-state index contributed by atoms with van der Waals surface area (Å²) in [5.41, 5.74) is 1.92. The summed E-state index contributed by atoms with van der Waals surface area (Å²) in [7, 11) is 8.52. The third-order valence-electron chi connectivity index (χ3n) is 7.66. The van der Waals surface area contributed by atoms with Gasteiger partial charge >= 0.3 is 37.9 Å². The van der Waals surface area contributed by atoms with Crippen LogP contribution in [0.25, 0.3) is 0 Å². The Morgan fingerprint density at radius 1 is 0.714 bits per heavy atom. The molecule has 0 nitrogen and oxygen atoms in total. The molecule has 4 aliphatic carbocycles. The summed E-state index contributed by atoms with van der Waals surface area (Å²) in [6, 6.07) is 0. The summed E-state index contributed by atoms with van der Waals surface area (Å²) in [5.74, 6) is 5.08. The Bertz CT molecular complexity index is 560. The topological polar surface area (TPSA) is 0 Å². The molecule has 0 N–H and O–H groups in total. The van der Waals surface area contributed by atoms with E-state index in [1.54, 1.807) is 0 Å². The molecule has 156 valence electrons. The third-order valence-corrected chi connectivity index (χ3v) is 13.0. The van der Waals surface area contributed by atoms with Crippen molar-refractivity contribution in [3.05, 3.63) is 63.5 Å². The maximum atomic E-state index is 4.93. The Kier molecular flexibility index (Phi) is 10.8. The predicted octanol–water partition coefficient (Wildman–Crippen LogP) is 8.51. The van der Waals surface area contributed by atoms with Crippen LogP contribution in [0.15, 0.2) is 48.6 Å². The summed E-state index contributed by atoms with van der Waals surface area (Å²) in [5, 5.41) is 0. The molecule has 4 rings (SSSR count). The van der Waals surface area contributed by atoms with Crippen molar-refractivity contribution in [1.29, 1.82) is 0 Å². The SMILES string of the molecule is CC1CC2C=CC=CC2C1[Si](C)(C)[C@H]1C(C)CC2C=CC=CC21.[CH3-].[CH3-].[Cl][Zr+2][Cl]. The van der Waals surface area contributed by atoms with E-state index in [2.05, 4.69) is 75.5 Å². The number of fused-ring (bicyclic) bond motifs is 2. The molecular weight excluding hydrogens is 478 g/mol. The van der Waals surface area contributed by atoms with Crippen molar-refractivity contribution in [3.8, 4) is 0 Å². The molecule has 4 heteroatoms. The summed E-state index contributed by atoms with van der Waals surface area (Å²) in [6.45, 7) is 10.6. The van der Waals surface area contributed by atoms with Crippen LogP contribution in [0.2, 0.25) is 24.2 Å². The first-order chi connectivity index (χ1) is 12.4. The Morgan fingerprint density at radius 3 is 1.39 bits per heavy atom. The molecule has 0 bridgehead atoms. The van der Waals surface area contributed by atoms with E-state index in [-0.39, 0.29) is 14.9 Å².